The Morgan fingerprint density at radius 3 is 1.03 bits per heavy atom. The summed E-state index contributed by atoms with van der Waals surface area (Å²) in [5.74, 6) is -2.02. The van der Waals surface area contributed by atoms with Crippen LogP contribution in [0.5, 0.6) is 11.5 Å². The number of hydrogen-bond acceptors (Lipinski definition) is 12. The van der Waals surface area contributed by atoms with E-state index in [4.69, 9.17) is 9.47 Å². The lowest BCUT2D eigenvalue weighted by Gasteiger charge is -2.21. The number of ketones is 4. The Kier molecular flexibility index (Phi) is 12.1. The summed E-state index contributed by atoms with van der Waals surface area (Å²) in [7, 11) is 0. The average molecular weight is 941 g/mol. The van der Waals surface area contributed by atoms with Crippen LogP contribution in [0.1, 0.15) is 74.8 Å². The zero-order valence-electron chi connectivity index (χ0n) is 37.4. The normalized spacial score (nSPS) is 12.2. The number of ether oxygens (including phenoxy) is 2. The monoisotopic (exact) mass is 940 g/mol. The van der Waals surface area contributed by atoms with Crippen molar-refractivity contribution in [2.24, 2.45) is 0 Å². The van der Waals surface area contributed by atoms with Crippen LogP contribution in [-0.4, -0.2) is 52.2 Å². The Bertz CT molecular complexity index is 3230. The largest absolute Gasteiger partial charge is 0.507 e. The van der Waals surface area contributed by atoms with Crippen LogP contribution in [0.3, 0.4) is 0 Å². The highest BCUT2D eigenvalue weighted by Gasteiger charge is 2.35. The molecule has 0 unspecified atom stereocenters. The minimum Gasteiger partial charge on any atom is -0.507 e. The van der Waals surface area contributed by atoms with Crippen molar-refractivity contribution in [3.8, 4) is 33.8 Å². The molecule has 0 saturated heterocycles. The third kappa shape index (κ3) is 9.03. The van der Waals surface area contributed by atoms with E-state index in [9.17, 15) is 39.0 Å². The highest BCUT2D eigenvalue weighted by atomic mass is 16.6. The Hall–Kier alpha value is -9.82. The zero-order chi connectivity index (χ0) is 49.2. The van der Waals surface area contributed by atoms with E-state index in [0.29, 0.717) is 22.7 Å². The summed E-state index contributed by atoms with van der Waals surface area (Å²) in [6, 6.07) is 48.9. The highest BCUT2D eigenvalue weighted by Crippen LogP contribution is 2.40. The number of fused-ring (bicyclic) bond motifs is 4. The van der Waals surface area contributed by atoms with Gasteiger partial charge in [0.2, 0.25) is 0 Å². The fourth-order valence-corrected chi connectivity index (χ4v) is 8.60. The van der Waals surface area contributed by atoms with Crippen molar-refractivity contribution in [3.63, 3.8) is 0 Å². The first-order valence-electron chi connectivity index (χ1n) is 22.3. The number of nitrogens with one attached hydrogen (secondary N) is 4. The van der Waals surface area contributed by atoms with E-state index in [1.807, 2.05) is 97.1 Å². The SMILES string of the molecule is O=C(NCNC(=O)OCc1ccc(-c2ccc(Nc3ccc(O)c4c3C(=O)c3ccccc3C4=O)cc2)cc1)OCc1ccc(-c2ccc(Nc3ccc(O)c4c3C(=O)c3ccccc3C4=O)cc2)cc1. The van der Waals surface area contributed by atoms with Crippen molar-refractivity contribution >= 4 is 58.1 Å². The molecule has 8 aromatic rings. The number of phenolic OH excluding ortho intramolecular Hbond substituents is 2. The maximum absolute atomic E-state index is 13.5. The van der Waals surface area contributed by atoms with E-state index in [1.165, 1.54) is 12.1 Å². The molecule has 0 aliphatic heterocycles. The lowest BCUT2D eigenvalue weighted by atomic mass is 9.82. The molecule has 348 valence electrons. The lowest BCUT2D eigenvalue weighted by Crippen LogP contribution is -2.37. The van der Waals surface area contributed by atoms with Gasteiger partial charge in [-0.1, -0.05) is 121 Å². The number of carbonyl (C=O) groups excluding carboxylic acids is 6. The summed E-state index contributed by atoms with van der Waals surface area (Å²) in [5.41, 5.74) is 8.53. The number of carbonyl (C=O) groups is 6. The van der Waals surface area contributed by atoms with Gasteiger partial charge in [-0.15, -0.1) is 0 Å². The van der Waals surface area contributed by atoms with Crippen molar-refractivity contribution in [2.45, 2.75) is 13.2 Å². The molecule has 14 heteroatoms. The smallest absolute Gasteiger partial charge is 0.408 e. The Morgan fingerprint density at radius 2 is 0.690 bits per heavy atom. The lowest BCUT2D eigenvalue weighted by molar-refractivity contribution is 0.0977. The second-order valence-corrected chi connectivity index (χ2v) is 16.7. The van der Waals surface area contributed by atoms with E-state index >= 15 is 0 Å². The number of hydrogen-bond donors (Lipinski definition) is 6. The van der Waals surface area contributed by atoms with Crippen LogP contribution < -0.4 is 21.3 Å². The number of rotatable bonds is 12. The molecule has 0 spiro atoms. The molecule has 6 N–H and O–H groups in total. The minimum absolute atomic E-state index is 0.0122. The number of benzene rings is 8. The molecule has 2 amide bonds. The standard InChI is InChI=1S/C57H40N4O10/c62-46-27-25-44(48-50(46)54(66)42-7-3-1-5-40(42)52(48)64)60-38-21-17-36(18-22-38)34-13-9-32(10-14-34)29-70-56(68)58-31-59-57(69)71-30-33-11-15-35(16-12-33)37-19-23-39(24-20-37)61-45-26-28-47(63)51-49(45)53(65)41-6-2-4-8-43(41)55(51)67/h1-28,60-63H,29-31H2,(H,58,68)(H,59,69). The van der Waals surface area contributed by atoms with E-state index in [-0.39, 0.29) is 87.5 Å². The van der Waals surface area contributed by atoms with Gasteiger partial charge in [0.15, 0.2) is 23.1 Å². The summed E-state index contributed by atoms with van der Waals surface area (Å²) in [6.07, 6.45) is -1.47. The molecular weight excluding hydrogens is 901 g/mol. The first-order chi connectivity index (χ1) is 34.5. The summed E-state index contributed by atoms with van der Waals surface area (Å²) < 4.78 is 10.6. The van der Waals surface area contributed by atoms with Crippen molar-refractivity contribution in [1.29, 1.82) is 0 Å². The highest BCUT2D eigenvalue weighted by molar-refractivity contribution is 6.32. The molecular formula is C57H40N4O10. The van der Waals surface area contributed by atoms with Gasteiger partial charge >= 0.3 is 12.2 Å². The zero-order valence-corrected chi connectivity index (χ0v) is 37.4. The van der Waals surface area contributed by atoms with Gasteiger partial charge in [-0.25, -0.2) is 9.59 Å². The van der Waals surface area contributed by atoms with Crippen LogP contribution in [0.4, 0.5) is 32.3 Å². The summed E-state index contributed by atoms with van der Waals surface area (Å²) in [5, 5.41) is 32.5. The second-order valence-electron chi connectivity index (χ2n) is 16.7. The van der Waals surface area contributed by atoms with Gasteiger partial charge in [-0.2, -0.15) is 0 Å². The van der Waals surface area contributed by atoms with Crippen LogP contribution in [0.15, 0.2) is 170 Å². The molecule has 71 heavy (non-hydrogen) atoms. The Labute approximate surface area is 405 Å². The number of alkyl carbamates (subject to hydrolysis) is 2. The van der Waals surface area contributed by atoms with E-state index < -0.39 is 23.8 Å². The first kappa shape index (κ1) is 45.0. The number of amides is 2. The Morgan fingerprint density at radius 1 is 0.380 bits per heavy atom. The van der Waals surface area contributed by atoms with E-state index in [0.717, 1.165) is 33.4 Å². The van der Waals surface area contributed by atoms with Crippen LogP contribution in [0.25, 0.3) is 22.3 Å². The average Bonchev–Trinajstić information content (AvgIpc) is 3.40. The fraction of sp³-hybridized carbons (Fsp3) is 0.0526. The third-order valence-corrected chi connectivity index (χ3v) is 12.2. The predicted octanol–water partition coefficient (Wildman–Crippen LogP) is 10.6. The molecule has 10 rings (SSSR count). The molecule has 8 aromatic carbocycles. The molecule has 0 fully saturated rings. The van der Waals surface area contributed by atoms with Crippen LogP contribution in [-0.2, 0) is 22.7 Å². The Balaban J connectivity index is 0.654. The molecule has 0 atom stereocenters. The molecule has 2 aliphatic rings. The maximum atomic E-state index is 13.5. The van der Waals surface area contributed by atoms with Crippen LogP contribution in [0.2, 0.25) is 0 Å². The topological polar surface area (TPSA) is 209 Å². The molecule has 14 nitrogen and oxygen atoms in total. The van der Waals surface area contributed by atoms with Crippen molar-refractivity contribution in [1.82, 2.24) is 10.6 Å². The maximum Gasteiger partial charge on any atom is 0.408 e. The third-order valence-electron chi connectivity index (χ3n) is 12.2. The van der Waals surface area contributed by atoms with Crippen molar-refractivity contribution in [3.05, 3.63) is 225 Å². The molecule has 0 aromatic heterocycles. The molecule has 2 aliphatic carbocycles. The van der Waals surface area contributed by atoms with Crippen molar-refractivity contribution < 1.29 is 48.5 Å². The van der Waals surface area contributed by atoms with Gasteiger partial charge in [-0.05, 0) is 81.9 Å². The van der Waals surface area contributed by atoms with Gasteiger partial charge in [0, 0.05) is 33.6 Å². The minimum atomic E-state index is -0.737. The molecule has 0 bridgehead atoms. The second kappa shape index (κ2) is 19.1. The molecule has 0 saturated carbocycles. The quantitative estimate of drug-likeness (QED) is 0.0499. The van der Waals surface area contributed by atoms with Gasteiger partial charge in [-0.3, -0.25) is 19.2 Å². The van der Waals surface area contributed by atoms with Crippen LogP contribution in [0, 0.1) is 0 Å². The van der Waals surface area contributed by atoms with Gasteiger partial charge in [0.05, 0.1) is 40.3 Å². The van der Waals surface area contributed by atoms with Gasteiger partial charge in [0.1, 0.15) is 24.7 Å². The fourth-order valence-electron chi connectivity index (χ4n) is 8.60. The van der Waals surface area contributed by atoms with Gasteiger partial charge < -0.3 is 41.0 Å². The summed E-state index contributed by atoms with van der Waals surface area (Å²) in [6.45, 7) is -0.246. The summed E-state index contributed by atoms with van der Waals surface area (Å²) >= 11 is 0. The predicted molar refractivity (Wildman–Crippen MR) is 265 cm³/mol. The van der Waals surface area contributed by atoms with Crippen molar-refractivity contribution in [2.75, 3.05) is 17.3 Å². The van der Waals surface area contributed by atoms with Crippen LogP contribution >= 0.6 is 0 Å². The number of phenols is 2. The van der Waals surface area contributed by atoms with E-state index in [2.05, 4.69) is 21.3 Å². The first-order valence-corrected chi connectivity index (χ1v) is 22.3. The van der Waals surface area contributed by atoms with Gasteiger partial charge in [0.25, 0.3) is 0 Å². The molecule has 0 heterocycles. The number of anilines is 4. The number of aromatic hydroxyl groups is 2. The summed E-state index contributed by atoms with van der Waals surface area (Å²) in [4.78, 5) is 78.1. The molecule has 0 radical (unpaired) electrons. The van der Waals surface area contributed by atoms with E-state index in [1.54, 1.807) is 60.7 Å².